The Morgan fingerprint density at radius 1 is 1.17 bits per heavy atom. The number of carboxylic acids is 1. The normalized spacial score (nSPS) is 20.0. The lowest BCUT2D eigenvalue weighted by molar-refractivity contribution is -0.137. The minimum atomic E-state index is -3.89. The first-order chi connectivity index (χ1) is 16.3. The Balaban J connectivity index is 1.86. The van der Waals surface area contributed by atoms with Crippen molar-refractivity contribution >= 4 is 21.8 Å². The Bertz CT molecular complexity index is 1290. The standard InChI is InChI=1S/C24H28F2N2O6S/c1-15-17(12-16-6-4-5-7-19(16)35(32,33)27-8-10-34-11-9-27)21-18(28(15)14-20(29)30)13-23(2,3)24(25,26)22(21)31/h4-7H,8-14H2,1-3H3,(H,29,30). The van der Waals surface area contributed by atoms with E-state index in [9.17, 15) is 23.1 Å². The molecule has 2 aliphatic rings. The first-order valence-corrected chi connectivity index (χ1v) is 12.7. The van der Waals surface area contributed by atoms with Gasteiger partial charge in [0.2, 0.25) is 15.8 Å². The molecule has 11 heteroatoms. The third kappa shape index (κ3) is 4.19. The number of aliphatic carboxylic acids is 1. The van der Waals surface area contributed by atoms with E-state index >= 15 is 8.78 Å². The minimum absolute atomic E-state index is 0.0244. The number of fused-ring (bicyclic) bond motifs is 1. The maximum atomic E-state index is 15.1. The number of aromatic nitrogens is 1. The molecule has 0 unspecified atom stereocenters. The lowest BCUT2D eigenvalue weighted by Crippen LogP contribution is -2.49. The molecule has 0 atom stereocenters. The summed E-state index contributed by atoms with van der Waals surface area (Å²) in [5, 5.41) is 9.44. The van der Waals surface area contributed by atoms with Crippen molar-refractivity contribution in [3.05, 3.63) is 52.3 Å². The zero-order chi connectivity index (χ0) is 25.8. The van der Waals surface area contributed by atoms with E-state index in [1.54, 1.807) is 25.1 Å². The molecule has 1 N–H and O–H groups in total. The molecule has 0 amide bonds. The molecule has 0 bridgehead atoms. The summed E-state index contributed by atoms with van der Waals surface area (Å²) in [6.07, 6.45) is -0.300. The van der Waals surface area contributed by atoms with Crippen LogP contribution in [0.4, 0.5) is 8.78 Å². The average molecular weight is 511 g/mol. The Morgan fingerprint density at radius 3 is 2.43 bits per heavy atom. The van der Waals surface area contributed by atoms with Crippen molar-refractivity contribution in [3.8, 4) is 0 Å². The molecule has 1 fully saturated rings. The van der Waals surface area contributed by atoms with Crippen LogP contribution in [-0.2, 0) is 38.9 Å². The average Bonchev–Trinajstić information content (AvgIpc) is 3.03. The van der Waals surface area contributed by atoms with E-state index in [0.717, 1.165) is 0 Å². The van der Waals surface area contributed by atoms with E-state index < -0.39 is 39.7 Å². The van der Waals surface area contributed by atoms with Crippen LogP contribution in [0.3, 0.4) is 0 Å². The van der Waals surface area contributed by atoms with Gasteiger partial charge in [0, 0.05) is 41.9 Å². The quantitative estimate of drug-likeness (QED) is 0.641. The molecule has 0 radical (unpaired) electrons. The summed E-state index contributed by atoms with van der Waals surface area (Å²) in [7, 11) is -3.89. The number of ketones is 1. The summed E-state index contributed by atoms with van der Waals surface area (Å²) in [4.78, 5) is 24.7. The number of nitrogens with zero attached hydrogens (tertiary/aromatic N) is 2. The van der Waals surface area contributed by atoms with E-state index in [2.05, 4.69) is 0 Å². The smallest absolute Gasteiger partial charge is 0.323 e. The number of hydrogen-bond donors (Lipinski definition) is 1. The van der Waals surface area contributed by atoms with Crippen molar-refractivity contribution in [1.29, 1.82) is 0 Å². The Hall–Kier alpha value is -2.63. The molecule has 35 heavy (non-hydrogen) atoms. The van der Waals surface area contributed by atoms with Gasteiger partial charge in [-0.1, -0.05) is 32.0 Å². The van der Waals surface area contributed by atoms with Gasteiger partial charge in [-0.25, -0.2) is 8.42 Å². The molecule has 8 nitrogen and oxygen atoms in total. The van der Waals surface area contributed by atoms with Gasteiger partial charge in [-0.15, -0.1) is 0 Å². The van der Waals surface area contributed by atoms with Gasteiger partial charge in [-0.3, -0.25) is 9.59 Å². The van der Waals surface area contributed by atoms with E-state index in [4.69, 9.17) is 4.74 Å². The van der Waals surface area contributed by atoms with Gasteiger partial charge in [0.15, 0.2) is 0 Å². The molecule has 190 valence electrons. The highest BCUT2D eigenvalue weighted by Crippen LogP contribution is 2.48. The molecular formula is C24H28F2N2O6S. The third-order valence-corrected chi connectivity index (χ3v) is 8.95. The number of halogens is 2. The Morgan fingerprint density at radius 2 is 1.80 bits per heavy atom. The van der Waals surface area contributed by atoms with Crippen molar-refractivity contribution in [2.24, 2.45) is 5.41 Å². The second-order valence-corrected chi connectivity index (χ2v) is 11.5. The number of alkyl halides is 2. The van der Waals surface area contributed by atoms with Crippen molar-refractivity contribution in [1.82, 2.24) is 8.87 Å². The number of carbonyl (C=O) groups excluding carboxylic acids is 1. The predicted octanol–water partition coefficient (Wildman–Crippen LogP) is 2.89. The van der Waals surface area contributed by atoms with Crippen LogP contribution in [0.5, 0.6) is 0 Å². The van der Waals surface area contributed by atoms with Crippen LogP contribution in [0.15, 0.2) is 29.2 Å². The molecule has 0 saturated carbocycles. The van der Waals surface area contributed by atoms with Gasteiger partial charge in [0.1, 0.15) is 6.54 Å². The van der Waals surface area contributed by atoms with Crippen LogP contribution in [0.25, 0.3) is 0 Å². The van der Waals surface area contributed by atoms with Gasteiger partial charge >= 0.3 is 11.9 Å². The summed E-state index contributed by atoms with van der Waals surface area (Å²) in [6.45, 7) is 4.58. The SMILES string of the molecule is Cc1c(Cc2ccccc2S(=O)(=O)N2CCOCC2)c2c(n1CC(=O)O)CC(C)(C)C(F)(F)C2=O. The number of carboxylic acid groups (broad SMARTS) is 1. The minimum Gasteiger partial charge on any atom is -0.480 e. The van der Waals surface area contributed by atoms with Crippen LogP contribution in [0.2, 0.25) is 0 Å². The zero-order valence-corrected chi connectivity index (χ0v) is 20.6. The van der Waals surface area contributed by atoms with E-state index in [1.165, 1.54) is 28.8 Å². The predicted molar refractivity (Wildman–Crippen MR) is 122 cm³/mol. The zero-order valence-electron chi connectivity index (χ0n) is 19.8. The molecule has 1 aromatic heterocycles. The number of ether oxygens (including phenoxy) is 1. The number of rotatable bonds is 6. The molecule has 2 heterocycles. The van der Waals surface area contributed by atoms with Crippen LogP contribution >= 0.6 is 0 Å². The molecule has 4 rings (SSSR count). The largest absolute Gasteiger partial charge is 0.480 e. The number of sulfonamides is 1. The van der Waals surface area contributed by atoms with Crippen LogP contribution in [-0.4, -0.2) is 66.4 Å². The summed E-state index contributed by atoms with van der Waals surface area (Å²) in [5.74, 6) is -6.19. The van der Waals surface area contributed by atoms with Crippen LogP contribution in [0, 0.1) is 12.3 Å². The van der Waals surface area contributed by atoms with E-state index in [-0.39, 0.29) is 60.9 Å². The highest BCUT2D eigenvalue weighted by Gasteiger charge is 2.58. The van der Waals surface area contributed by atoms with E-state index in [1.807, 2.05) is 0 Å². The Kier molecular flexibility index (Phi) is 6.40. The van der Waals surface area contributed by atoms with Gasteiger partial charge in [0.25, 0.3) is 0 Å². The third-order valence-electron chi connectivity index (χ3n) is 6.95. The first kappa shape index (κ1) is 25.5. The summed E-state index contributed by atoms with van der Waals surface area (Å²) >= 11 is 0. The summed E-state index contributed by atoms with van der Waals surface area (Å²) in [5.41, 5.74) is -0.726. The van der Waals surface area contributed by atoms with Gasteiger partial charge in [0.05, 0.1) is 18.1 Å². The number of morpholine rings is 1. The fraction of sp³-hybridized carbons (Fsp3) is 0.500. The molecule has 1 aromatic carbocycles. The van der Waals surface area contributed by atoms with Gasteiger partial charge < -0.3 is 14.4 Å². The number of hydrogen-bond acceptors (Lipinski definition) is 5. The molecule has 0 spiro atoms. The second-order valence-electron chi connectivity index (χ2n) is 9.63. The van der Waals surface area contributed by atoms with E-state index in [0.29, 0.717) is 11.3 Å². The second kappa shape index (κ2) is 8.79. The maximum absolute atomic E-state index is 15.1. The monoisotopic (exact) mass is 510 g/mol. The molecule has 1 saturated heterocycles. The highest BCUT2D eigenvalue weighted by molar-refractivity contribution is 7.89. The van der Waals surface area contributed by atoms with Crippen molar-refractivity contribution in [2.75, 3.05) is 26.3 Å². The number of benzene rings is 1. The topological polar surface area (TPSA) is 106 Å². The van der Waals surface area contributed by atoms with Crippen molar-refractivity contribution in [3.63, 3.8) is 0 Å². The van der Waals surface area contributed by atoms with Crippen molar-refractivity contribution < 1.29 is 36.6 Å². The summed E-state index contributed by atoms with van der Waals surface area (Å²) in [6, 6.07) is 6.26. The van der Waals surface area contributed by atoms with Crippen molar-refractivity contribution in [2.45, 2.75) is 51.0 Å². The molecule has 1 aliphatic carbocycles. The van der Waals surface area contributed by atoms with Crippen LogP contribution in [0.1, 0.15) is 46.7 Å². The molecular weight excluding hydrogens is 482 g/mol. The maximum Gasteiger partial charge on any atom is 0.323 e. The molecule has 2 aromatic rings. The lowest BCUT2D eigenvalue weighted by atomic mass is 9.72. The summed E-state index contributed by atoms with van der Waals surface area (Å²) < 4.78 is 64.9. The fourth-order valence-corrected chi connectivity index (χ4v) is 6.51. The number of carbonyl (C=O) groups is 2. The van der Waals surface area contributed by atoms with Gasteiger partial charge in [-0.2, -0.15) is 13.1 Å². The first-order valence-electron chi connectivity index (χ1n) is 11.3. The molecule has 1 aliphatic heterocycles. The lowest BCUT2D eigenvalue weighted by Gasteiger charge is -2.37. The number of Topliss-reactive ketones (excluding diaryl/α,β-unsaturated/α-hetero) is 1. The van der Waals surface area contributed by atoms with Crippen LogP contribution < -0.4 is 0 Å². The Labute approximate surface area is 202 Å². The fourth-order valence-electron chi connectivity index (χ4n) is 4.88. The van der Waals surface area contributed by atoms with Gasteiger partial charge in [-0.05, 0) is 30.5 Å². The highest BCUT2D eigenvalue weighted by atomic mass is 32.2.